The Morgan fingerprint density at radius 2 is 1.58 bits per heavy atom. The lowest BCUT2D eigenvalue weighted by Gasteiger charge is -2.26. The Morgan fingerprint density at radius 3 is 2.16 bits per heavy atom. The van der Waals surface area contributed by atoms with Crippen LogP contribution in [0.3, 0.4) is 0 Å². The molecule has 0 radical (unpaired) electrons. The van der Waals surface area contributed by atoms with Crippen molar-refractivity contribution in [2.45, 2.75) is 65.3 Å². The molecule has 0 aliphatic rings. The van der Waals surface area contributed by atoms with Crippen LogP contribution in [0.25, 0.3) is 0 Å². The quantitative estimate of drug-likeness (QED) is 0.325. The van der Waals surface area contributed by atoms with Crippen LogP contribution < -0.4 is 9.84 Å². The molecule has 0 spiro atoms. The molecule has 0 aromatic heterocycles. The largest absolute Gasteiger partial charge is 0.545 e. The van der Waals surface area contributed by atoms with E-state index in [-0.39, 0.29) is 23.9 Å². The van der Waals surface area contributed by atoms with Gasteiger partial charge in [-0.15, -0.1) is 0 Å². The van der Waals surface area contributed by atoms with Crippen LogP contribution in [-0.2, 0) is 18.9 Å². The van der Waals surface area contributed by atoms with E-state index in [2.05, 4.69) is 20.8 Å². The van der Waals surface area contributed by atoms with Crippen LogP contribution in [0.2, 0.25) is 0 Å². The Kier molecular flexibility index (Phi) is 14.2. The van der Waals surface area contributed by atoms with Gasteiger partial charge in [-0.05, 0) is 61.9 Å². The minimum absolute atomic E-state index is 0.000731. The highest BCUT2D eigenvalue weighted by molar-refractivity contribution is 5.85. The van der Waals surface area contributed by atoms with Crippen molar-refractivity contribution in [3.8, 4) is 5.75 Å². The number of carboxylic acid groups (broad SMARTS) is 1. The summed E-state index contributed by atoms with van der Waals surface area (Å²) in [6.45, 7) is 11.1. The van der Waals surface area contributed by atoms with Crippen molar-refractivity contribution < 1.29 is 33.6 Å². The van der Waals surface area contributed by atoms with Crippen LogP contribution in [0.1, 0.15) is 57.3 Å². The fraction of sp³-hybridized carbons (Fsp3) is 0.708. The Morgan fingerprint density at radius 1 is 0.903 bits per heavy atom. The van der Waals surface area contributed by atoms with Gasteiger partial charge in [0.25, 0.3) is 0 Å². The molecule has 31 heavy (non-hydrogen) atoms. The molecule has 3 atom stereocenters. The Labute approximate surface area is 187 Å². The van der Waals surface area contributed by atoms with Gasteiger partial charge in [-0.25, -0.2) is 0 Å². The molecular formula is C24H39O7-. The molecule has 0 fully saturated rings. The molecule has 0 heterocycles. The van der Waals surface area contributed by atoms with Gasteiger partial charge in [-0.3, -0.25) is 0 Å². The van der Waals surface area contributed by atoms with Gasteiger partial charge in [0.2, 0.25) is 0 Å². The normalized spacial score (nSPS) is 14.4. The Hall–Kier alpha value is -1.67. The van der Waals surface area contributed by atoms with E-state index in [1.165, 1.54) is 12.1 Å². The molecule has 0 aliphatic heterocycles. The summed E-state index contributed by atoms with van der Waals surface area (Å²) in [5.41, 5.74) is 0.125. The van der Waals surface area contributed by atoms with Gasteiger partial charge in [0, 0.05) is 13.7 Å². The number of carbonyl (C=O) groups excluding carboxylic acids is 1. The van der Waals surface area contributed by atoms with E-state index in [0.717, 1.165) is 25.9 Å². The van der Waals surface area contributed by atoms with Crippen molar-refractivity contribution in [3.05, 3.63) is 29.8 Å². The summed E-state index contributed by atoms with van der Waals surface area (Å²) in [7, 11) is 1.66. The van der Waals surface area contributed by atoms with E-state index in [9.17, 15) is 9.90 Å². The number of carbonyl (C=O) groups is 1. The minimum atomic E-state index is -1.20. The Bertz CT molecular complexity index is 588. The highest BCUT2D eigenvalue weighted by Crippen LogP contribution is 2.17. The molecule has 1 aromatic rings. The van der Waals surface area contributed by atoms with Gasteiger partial charge >= 0.3 is 0 Å². The molecule has 3 unspecified atom stereocenters. The molecule has 0 saturated heterocycles. The van der Waals surface area contributed by atoms with E-state index >= 15 is 0 Å². The third kappa shape index (κ3) is 12.7. The predicted molar refractivity (Wildman–Crippen MR) is 117 cm³/mol. The predicted octanol–water partition coefficient (Wildman–Crippen LogP) is 3.10. The number of benzene rings is 1. The third-order valence-electron chi connectivity index (χ3n) is 4.73. The topological polar surface area (TPSA) is 86.3 Å². The van der Waals surface area contributed by atoms with Crippen LogP contribution in [-0.4, -0.2) is 64.4 Å². The first-order chi connectivity index (χ1) is 14.8. The SMILES string of the molecule is CCC(CC(CC(C)OCCOc1ccc(C(=O)[O-])cc1)OCCOC)OCC(C)C. The maximum absolute atomic E-state index is 10.8. The van der Waals surface area contributed by atoms with E-state index in [4.69, 9.17) is 23.7 Å². The number of aromatic carboxylic acids is 1. The molecule has 0 bridgehead atoms. The first kappa shape index (κ1) is 27.4. The second kappa shape index (κ2) is 16.0. The number of ether oxygens (including phenoxy) is 5. The fourth-order valence-electron chi connectivity index (χ4n) is 3.04. The van der Waals surface area contributed by atoms with Gasteiger partial charge in [0.05, 0.1) is 44.1 Å². The summed E-state index contributed by atoms with van der Waals surface area (Å²) in [4.78, 5) is 10.8. The molecular weight excluding hydrogens is 400 g/mol. The van der Waals surface area contributed by atoms with Crippen LogP contribution in [0.15, 0.2) is 24.3 Å². The van der Waals surface area contributed by atoms with Crippen molar-refractivity contribution in [1.29, 1.82) is 0 Å². The second-order valence-electron chi connectivity index (χ2n) is 8.06. The minimum Gasteiger partial charge on any atom is -0.545 e. The van der Waals surface area contributed by atoms with Crippen LogP contribution >= 0.6 is 0 Å². The number of carboxylic acids is 1. The highest BCUT2D eigenvalue weighted by Gasteiger charge is 2.20. The highest BCUT2D eigenvalue weighted by atomic mass is 16.5. The molecule has 0 aliphatic carbocycles. The van der Waals surface area contributed by atoms with Gasteiger partial charge < -0.3 is 33.6 Å². The molecule has 1 rings (SSSR count). The van der Waals surface area contributed by atoms with Crippen molar-refractivity contribution >= 4 is 5.97 Å². The second-order valence-corrected chi connectivity index (χ2v) is 8.06. The zero-order chi connectivity index (χ0) is 23.1. The molecule has 7 nitrogen and oxygen atoms in total. The average molecular weight is 440 g/mol. The van der Waals surface area contributed by atoms with Gasteiger partial charge in [-0.1, -0.05) is 20.8 Å². The van der Waals surface area contributed by atoms with E-state index in [1.54, 1.807) is 19.2 Å². The van der Waals surface area contributed by atoms with Gasteiger partial charge in [-0.2, -0.15) is 0 Å². The molecule has 7 heteroatoms. The summed E-state index contributed by atoms with van der Waals surface area (Å²) >= 11 is 0. The number of methoxy groups -OCH3 is 1. The molecule has 0 amide bonds. The summed E-state index contributed by atoms with van der Waals surface area (Å²) in [5, 5.41) is 10.8. The molecule has 178 valence electrons. The lowest BCUT2D eigenvalue weighted by molar-refractivity contribution is -0.255. The first-order valence-electron chi connectivity index (χ1n) is 11.1. The number of rotatable bonds is 18. The van der Waals surface area contributed by atoms with Crippen LogP contribution in [0, 0.1) is 5.92 Å². The monoisotopic (exact) mass is 439 g/mol. The lowest BCUT2D eigenvalue weighted by Crippen LogP contribution is -2.29. The fourth-order valence-corrected chi connectivity index (χ4v) is 3.04. The van der Waals surface area contributed by atoms with E-state index in [0.29, 0.717) is 38.1 Å². The van der Waals surface area contributed by atoms with Gasteiger partial charge in [0.1, 0.15) is 12.4 Å². The molecule has 0 saturated carbocycles. The Balaban J connectivity index is 2.41. The van der Waals surface area contributed by atoms with Crippen molar-refractivity contribution in [2.24, 2.45) is 5.92 Å². The van der Waals surface area contributed by atoms with Crippen LogP contribution in [0.4, 0.5) is 0 Å². The van der Waals surface area contributed by atoms with E-state index < -0.39 is 5.97 Å². The van der Waals surface area contributed by atoms with Crippen LogP contribution in [0.5, 0.6) is 5.75 Å². The summed E-state index contributed by atoms with van der Waals surface area (Å²) in [6, 6.07) is 6.13. The first-order valence-corrected chi connectivity index (χ1v) is 11.1. The molecule has 1 aromatic carbocycles. The van der Waals surface area contributed by atoms with Crippen molar-refractivity contribution in [2.75, 3.05) is 40.1 Å². The zero-order valence-corrected chi connectivity index (χ0v) is 19.6. The van der Waals surface area contributed by atoms with Crippen molar-refractivity contribution in [3.63, 3.8) is 0 Å². The molecule has 0 N–H and O–H groups in total. The van der Waals surface area contributed by atoms with Crippen molar-refractivity contribution in [1.82, 2.24) is 0 Å². The standard InChI is InChI=1S/C24H40O7/c1-6-21(31-17-18(2)3)16-23(30-12-11-27-5)15-19(4)28-13-14-29-22-9-7-20(8-10-22)24(25)26/h7-10,18-19,21,23H,6,11-17H2,1-5H3,(H,25,26)/p-1. The van der Waals surface area contributed by atoms with Gasteiger partial charge in [0.15, 0.2) is 0 Å². The number of hydrogen-bond acceptors (Lipinski definition) is 7. The van der Waals surface area contributed by atoms with E-state index in [1.807, 2.05) is 6.92 Å². The average Bonchev–Trinajstić information content (AvgIpc) is 2.74. The summed E-state index contributed by atoms with van der Waals surface area (Å²) < 4.78 is 28.7. The summed E-state index contributed by atoms with van der Waals surface area (Å²) in [5.74, 6) is -0.109. The lowest BCUT2D eigenvalue weighted by atomic mass is 10.0. The zero-order valence-electron chi connectivity index (χ0n) is 19.6. The maximum atomic E-state index is 10.8. The summed E-state index contributed by atoms with van der Waals surface area (Å²) in [6.07, 6.45) is 2.71. The smallest absolute Gasteiger partial charge is 0.119 e. The number of hydrogen-bond donors (Lipinski definition) is 0. The third-order valence-corrected chi connectivity index (χ3v) is 4.73. The maximum Gasteiger partial charge on any atom is 0.119 e.